The Morgan fingerprint density at radius 3 is 2.80 bits per heavy atom. The summed E-state index contributed by atoms with van der Waals surface area (Å²) >= 11 is 4.77. The molecule has 0 aromatic heterocycles. The number of sulfone groups is 1. The smallest absolute Gasteiger partial charge is 0.224 e. The lowest BCUT2D eigenvalue weighted by atomic mass is 10.4. The lowest BCUT2D eigenvalue weighted by Gasteiger charge is -2.34. The topological polar surface area (TPSA) is 54.5 Å². The standard InChI is InChI=1S/C8H14BrNO3S2/c1-15(12,13)8-6-14-5-4-10(8)7(11)2-3-9/h8H,2-6H2,1H3. The second-order valence-corrected chi connectivity index (χ2v) is 7.53. The van der Waals surface area contributed by atoms with Gasteiger partial charge < -0.3 is 4.90 Å². The number of nitrogens with zero attached hydrogens (tertiary/aromatic N) is 1. The largest absolute Gasteiger partial charge is 0.324 e. The van der Waals surface area contributed by atoms with E-state index in [-0.39, 0.29) is 5.91 Å². The second-order valence-electron chi connectivity index (χ2n) is 3.39. The third-order valence-electron chi connectivity index (χ3n) is 2.21. The summed E-state index contributed by atoms with van der Waals surface area (Å²) in [5.74, 6) is 1.23. The van der Waals surface area contributed by atoms with Crippen molar-refractivity contribution in [3.8, 4) is 0 Å². The molecule has 1 fully saturated rings. The summed E-state index contributed by atoms with van der Waals surface area (Å²) in [6.45, 7) is 0.536. The van der Waals surface area contributed by atoms with E-state index in [0.717, 1.165) is 5.75 Å². The molecule has 0 spiro atoms. The third kappa shape index (κ3) is 3.64. The van der Waals surface area contributed by atoms with E-state index < -0.39 is 15.2 Å². The highest BCUT2D eigenvalue weighted by molar-refractivity contribution is 9.09. The molecule has 1 saturated heterocycles. The van der Waals surface area contributed by atoms with Crippen molar-refractivity contribution in [1.29, 1.82) is 0 Å². The second kappa shape index (κ2) is 5.54. The van der Waals surface area contributed by atoms with Gasteiger partial charge in [0.15, 0.2) is 9.84 Å². The number of rotatable bonds is 3. The van der Waals surface area contributed by atoms with Crippen LogP contribution in [0.2, 0.25) is 0 Å². The summed E-state index contributed by atoms with van der Waals surface area (Å²) in [5.41, 5.74) is 0. The number of hydrogen-bond acceptors (Lipinski definition) is 4. The Bertz CT molecular complexity index is 331. The molecule has 1 rings (SSSR count). The molecule has 1 atom stereocenters. The molecular formula is C8H14BrNO3S2. The van der Waals surface area contributed by atoms with Gasteiger partial charge in [0.05, 0.1) is 0 Å². The minimum absolute atomic E-state index is 0.0809. The Morgan fingerprint density at radius 2 is 2.27 bits per heavy atom. The molecule has 1 aliphatic heterocycles. The van der Waals surface area contributed by atoms with E-state index in [1.54, 1.807) is 11.8 Å². The lowest BCUT2D eigenvalue weighted by Crippen LogP contribution is -2.49. The number of thioether (sulfide) groups is 1. The molecule has 0 aromatic rings. The van der Waals surface area contributed by atoms with Gasteiger partial charge in [-0.2, -0.15) is 11.8 Å². The van der Waals surface area contributed by atoms with Gasteiger partial charge in [-0.1, -0.05) is 15.9 Å². The van der Waals surface area contributed by atoms with E-state index in [1.807, 2.05) is 0 Å². The van der Waals surface area contributed by atoms with Crippen molar-refractivity contribution in [2.45, 2.75) is 11.8 Å². The van der Waals surface area contributed by atoms with Crippen molar-refractivity contribution in [3.63, 3.8) is 0 Å². The van der Waals surface area contributed by atoms with Crippen molar-refractivity contribution < 1.29 is 13.2 Å². The van der Waals surface area contributed by atoms with Crippen LogP contribution in [0.15, 0.2) is 0 Å². The monoisotopic (exact) mass is 315 g/mol. The maximum Gasteiger partial charge on any atom is 0.224 e. The van der Waals surface area contributed by atoms with Crippen LogP contribution in [0.5, 0.6) is 0 Å². The van der Waals surface area contributed by atoms with Crippen LogP contribution in [0.1, 0.15) is 6.42 Å². The number of halogens is 1. The number of carbonyl (C=O) groups is 1. The highest BCUT2D eigenvalue weighted by Gasteiger charge is 2.33. The molecule has 0 N–H and O–H groups in total. The van der Waals surface area contributed by atoms with Crippen LogP contribution >= 0.6 is 27.7 Å². The zero-order valence-corrected chi connectivity index (χ0v) is 11.7. The maximum absolute atomic E-state index is 11.7. The Balaban J connectivity index is 2.79. The highest BCUT2D eigenvalue weighted by Crippen LogP contribution is 2.21. The molecule has 1 unspecified atom stereocenters. The van der Waals surface area contributed by atoms with Crippen LogP contribution in [-0.4, -0.2) is 54.2 Å². The first-order valence-electron chi connectivity index (χ1n) is 4.59. The molecule has 1 aliphatic rings. The fraction of sp³-hybridized carbons (Fsp3) is 0.875. The molecule has 0 saturated carbocycles. The van der Waals surface area contributed by atoms with Crippen LogP contribution in [-0.2, 0) is 14.6 Å². The first-order valence-corrected chi connectivity index (χ1v) is 8.82. The Morgan fingerprint density at radius 1 is 1.60 bits per heavy atom. The van der Waals surface area contributed by atoms with Gasteiger partial charge in [-0.05, 0) is 0 Å². The van der Waals surface area contributed by atoms with E-state index in [1.165, 1.54) is 11.2 Å². The van der Waals surface area contributed by atoms with Gasteiger partial charge >= 0.3 is 0 Å². The highest BCUT2D eigenvalue weighted by atomic mass is 79.9. The van der Waals surface area contributed by atoms with E-state index in [9.17, 15) is 13.2 Å². The van der Waals surface area contributed by atoms with E-state index >= 15 is 0 Å². The molecule has 1 heterocycles. The van der Waals surface area contributed by atoms with Gasteiger partial charge in [0.1, 0.15) is 5.37 Å². The number of amides is 1. The van der Waals surface area contributed by atoms with Gasteiger partial charge in [-0.15, -0.1) is 0 Å². The zero-order valence-electron chi connectivity index (χ0n) is 8.48. The first-order chi connectivity index (χ1) is 6.96. The third-order valence-corrected chi connectivity index (χ3v) is 5.25. The van der Waals surface area contributed by atoms with Crippen molar-refractivity contribution >= 4 is 43.4 Å². The van der Waals surface area contributed by atoms with Crippen LogP contribution in [0.4, 0.5) is 0 Å². The van der Waals surface area contributed by atoms with Gasteiger partial charge in [0, 0.05) is 36.1 Å². The van der Waals surface area contributed by atoms with Crippen molar-refractivity contribution in [2.24, 2.45) is 0 Å². The fourth-order valence-corrected chi connectivity index (χ4v) is 4.62. The minimum atomic E-state index is -3.17. The Labute approximate surface area is 103 Å². The lowest BCUT2D eigenvalue weighted by molar-refractivity contribution is -0.131. The Hall–Kier alpha value is 0.250. The molecule has 4 nitrogen and oxygen atoms in total. The van der Waals surface area contributed by atoms with Crippen LogP contribution < -0.4 is 0 Å². The first kappa shape index (κ1) is 13.3. The Kier molecular flexibility index (Phi) is 4.92. The number of alkyl halides is 1. The average molecular weight is 316 g/mol. The quantitative estimate of drug-likeness (QED) is 0.720. The predicted molar refractivity (Wildman–Crippen MR) is 66.1 cm³/mol. The normalized spacial score (nSPS) is 22.8. The SMILES string of the molecule is CS(=O)(=O)C1CSCCN1C(=O)CCBr. The van der Waals surface area contributed by atoms with Crippen LogP contribution in [0.3, 0.4) is 0 Å². The summed E-state index contributed by atoms with van der Waals surface area (Å²) in [5, 5.41) is -0.0609. The van der Waals surface area contributed by atoms with Gasteiger partial charge in [-0.25, -0.2) is 8.42 Å². The molecule has 88 valence electrons. The zero-order chi connectivity index (χ0) is 11.5. The summed E-state index contributed by atoms with van der Waals surface area (Å²) in [7, 11) is -3.17. The number of carbonyl (C=O) groups excluding carboxylic acids is 1. The molecule has 0 aromatic carbocycles. The van der Waals surface area contributed by atoms with Crippen molar-refractivity contribution in [3.05, 3.63) is 0 Å². The summed E-state index contributed by atoms with van der Waals surface area (Å²) in [6.07, 6.45) is 1.55. The summed E-state index contributed by atoms with van der Waals surface area (Å²) in [4.78, 5) is 13.2. The fourth-order valence-electron chi connectivity index (χ4n) is 1.45. The summed E-state index contributed by atoms with van der Waals surface area (Å²) in [6, 6.07) is 0. The van der Waals surface area contributed by atoms with Gasteiger partial charge in [-0.3, -0.25) is 4.79 Å². The van der Waals surface area contributed by atoms with Crippen molar-refractivity contribution in [1.82, 2.24) is 4.90 Å². The van der Waals surface area contributed by atoms with E-state index in [4.69, 9.17) is 0 Å². The van der Waals surface area contributed by atoms with E-state index in [0.29, 0.717) is 24.0 Å². The van der Waals surface area contributed by atoms with Crippen molar-refractivity contribution in [2.75, 3.05) is 29.6 Å². The molecule has 7 heteroatoms. The van der Waals surface area contributed by atoms with E-state index in [2.05, 4.69) is 15.9 Å². The molecule has 15 heavy (non-hydrogen) atoms. The van der Waals surface area contributed by atoms with Gasteiger partial charge in [0.25, 0.3) is 0 Å². The summed E-state index contributed by atoms with van der Waals surface area (Å²) < 4.78 is 23.0. The molecule has 0 radical (unpaired) electrons. The minimum Gasteiger partial charge on any atom is -0.324 e. The van der Waals surface area contributed by atoms with Crippen LogP contribution in [0.25, 0.3) is 0 Å². The van der Waals surface area contributed by atoms with Gasteiger partial charge in [0.2, 0.25) is 5.91 Å². The molecule has 0 bridgehead atoms. The average Bonchev–Trinajstić information content (AvgIpc) is 2.17. The molecular weight excluding hydrogens is 302 g/mol. The molecule has 1 amide bonds. The van der Waals surface area contributed by atoms with Crippen LogP contribution in [0, 0.1) is 0 Å². The number of hydrogen-bond donors (Lipinski definition) is 0. The predicted octanol–water partition coefficient (Wildman–Crippen LogP) is 0.718. The molecule has 0 aliphatic carbocycles. The maximum atomic E-state index is 11.7.